The first kappa shape index (κ1) is 20.0. The Morgan fingerprint density at radius 2 is 1.93 bits per heavy atom. The van der Waals surface area contributed by atoms with E-state index in [4.69, 9.17) is 9.47 Å². The number of carbonyl (C=O) groups excluding carboxylic acids is 1. The molecule has 8 heteroatoms. The molecule has 0 aliphatic heterocycles. The van der Waals surface area contributed by atoms with Gasteiger partial charge in [0.25, 0.3) is 5.91 Å². The van der Waals surface area contributed by atoms with Crippen LogP contribution in [0, 0.1) is 0 Å². The van der Waals surface area contributed by atoms with Crippen LogP contribution in [0.3, 0.4) is 0 Å². The number of hydrogen-bond acceptors (Lipinski definition) is 6. The monoisotopic (exact) mass is 409 g/mol. The van der Waals surface area contributed by atoms with E-state index in [9.17, 15) is 4.79 Å². The highest BCUT2D eigenvalue weighted by Crippen LogP contribution is 2.27. The first-order valence-electron chi connectivity index (χ1n) is 10.3. The fourth-order valence-corrected chi connectivity index (χ4v) is 3.82. The van der Waals surface area contributed by atoms with Crippen LogP contribution in [-0.4, -0.2) is 40.8 Å². The maximum atomic E-state index is 12.8. The fourth-order valence-electron chi connectivity index (χ4n) is 3.82. The lowest BCUT2D eigenvalue weighted by Crippen LogP contribution is -2.36. The first-order valence-corrected chi connectivity index (χ1v) is 10.3. The summed E-state index contributed by atoms with van der Waals surface area (Å²) in [5.41, 5.74) is 2.06. The summed E-state index contributed by atoms with van der Waals surface area (Å²) < 4.78 is 12.3. The normalized spacial score (nSPS) is 14.5. The Balaban J connectivity index is 1.47. The lowest BCUT2D eigenvalue weighted by molar-refractivity contribution is 0.0929. The first-order chi connectivity index (χ1) is 14.7. The van der Waals surface area contributed by atoms with Crippen LogP contribution in [0.2, 0.25) is 0 Å². The lowest BCUT2D eigenvalue weighted by atomic mass is 9.95. The van der Waals surface area contributed by atoms with Crippen LogP contribution in [0.5, 0.6) is 11.5 Å². The molecular formula is C22H27N5O3. The van der Waals surface area contributed by atoms with E-state index in [0.717, 1.165) is 18.4 Å². The number of carbonyl (C=O) groups is 1. The second-order valence-electron chi connectivity index (χ2n) is 7.49. The minimum atomic E-state index is -0.110. The van der Waals surface area contributed by atoms with E-state index in [0.29, 0.717) is 35.1 Å². The number of anilines is 1. The summed E-state index contributed by atoms with van der Waals surface area (Å²) in [6.07, 6.45) is 9.05. The molecule has 3 aromatic rings. The molecule has 0 bridgehead atoms. The van der Waals surface area contributed by atoms with Gasteiger partial charge in [-0.25, -0.2) is 9.50 Å². The molecule has 1 amide bonds. The van der Waals surface area contributed by atoms with E-state index in [1.54, 1.807) is 31.1 Å². The summed E-state index contributed by atoms with van der Waals surface area (Å²) in [6, 6.07) is 7.84. The number of hydrogen-bond donors (Lipinski definition) is 2. The number of nitrogens with zero attached hydrogens (tertiary/aromatic N) is 3. The number of fused-ring (bicyclic) bond motifs is 1. The predicted octanol–water partition coefficient (Wildman–Crippen LogP) is 3.42. The van der Waals surface area contributed by atoms with E-state index >= 15 is 0 Å². The Morgan fingerprint density at radius 1 is 1.13 bits per heavy atom. The van der Waals surface area contributed by atoms with E-state index in [-0.39, 0.29) is 11.9 Å². The molecule has 0 saturated heterocycles. The van der Waals surface area contributed by atoms with Crippen molar-refractivity contribution in [1.29, 1.82) is 0 Å². The van der Waals surface area contributed by atoms with Gasteiger partial charge >= 0.3 is 0 Å². The molecule has 1 saturated carbocycles. The second-order valence-corrected chi connectivity index (χ2v) is 7.49. The average molecular weight is 409 g/mol. The van der Waals surface area contributed by atoms with Crippen molar-refractivity contribution in [3.63, 3.8) is 0 Å². The smallest absolute Gasteiger partial charge is 0.256 e. The van der Waals surface area contributed by atoms with Crippen molar-refractivity contribution in [3.05, 3.63) is 47.8 Å². The molecule has 0 unspecified atom stereocenters. The van der Waals surface area contributed by atoms with Gasteiger partial charge in [-0.05, 0) is 36.6 Å². The third-order valence-corrected chi connectivity index (χ3v) is 5.48. The molecule has 2 aromatic heterocycles. The number of amides is 1. The molecule has 4 rings (SSSR count). The van der Waals surface area contributed by atoms with Gasteiger partial charge in [-0.1, -0.05) is 25.3 Å². The lowest BCUT2D eigenvalue weighted by Gasteiger charge is -2.22. The molecule has 2 N–H and O–H groups in total. The molecule has 8 nitrogen and oxygen atoms in total. The Morgan fingerprint density at radius 3 is 2.70 bits per heavy atom. The zero-order valence-corrected chi connectivity index (χ0v) is 17.4. The Hall–Kier alpha value is -3.29. The summed E-state index contributed by atoms with van der Waals surface area (Å²) in [5.74, 6) is 1.93. The molecule has 1 aromatic carbocycles. The van der Waals surface area contributed by atoms with Gasteiger partial charge in [0, 0.05) is 18.8 Å². The van der Waals surface area contributed by atoms with E-state index in [1.165, 1.54) is 19.3 Å². The highest BCUT2D eigenvalue weighted by Gasteiger charge is 2.20. The van der Waals surface area contributed by atoms with Gasteiger partial charge in [0.15, 0.2) is 17.1 Å². The van der Waals surface area contributed by atoms with Crippen LogP contribution in [0.15, 0.2) is 36.7 Å². The number of methoxy groups -OCH3 is 2. The molecule has 1 fully saturated rings. The molecule has 1 aliphatic carbocycles. The van der Waals surface area contributed by atoms with Gasteiger partial charge < -0.3 is 20.1 Å². The van der Waals surface area contributed by atoms with Crippen molar-refractivity contribution < 1.29 is 14.3 Å². The SMILES string of the molecule is COc1ccc(CNc2ccn3ncc(C(=O)NC4CCCCC4)c3n2)cc1OC. The number of ether oxygens (including phenoxy) is 2. The maximum Gasteiger partial charge on any atom is 0.256 e. The van der Waals surface area contributed by atoms with Crippen LogP contribution in [-0.2, 0) is 6.54 Å². The average Bonchev–Trinajstić information content (AvgIpc) is 3.21. The molecule has 0 spiro atoms. The number of nitrogens with one attached hydrogen (secondary N) is 2. The van der Waals surface area contributed by atoms with E-state index in [2.05, 4.69) is 20.7 Å². The van der Waals surface area contributed by atoms with Crippen LogP contribution in [0.25, 0.3) is 5.65 Å². The summed E-state index contributed by atoms with van der Waals surface area (Å²) in [7, 11) is 3.23. The quantitative estimate of drug-likeness (QED) is 0.622. The van der Waals surface area contributed by atoms with Crippen molar-refractivity contribution in [1.82, 2.24) is 19.9 Å². The van der Waals surface area contributed by atoms with Crippen molar-refractivity contribution in [2.75, 3.05) is 19.5 Å². The Labute approximate surface area is 175 Å². The summed E-state index contributed by atoms with van der Waals surface area (Å²) in [6.45, 7) is 0.557. The third kappa shape index (κ3) is 4.32. The number of aromatic nitrogens is 3. The highest BCUT2D eigenvalue weighted by molar-refractivity contribution is 5.99. The van der Waals surface area contributed by atoms with Crippen LogP contribution < -0.4 is 20.1 Å². The molecule has 158 valence electrons. The highest BCUT2D eigenvalue weighted by atomic mass is 16.5. The van der Waals surface area contributed by atoms with Crippen LogP contribution in [0.1, 0.15) is 48.0 Å². The molecule has 30 heavy (non-hydrogen) atoms. The maximum absolute atomic E-state index is 12.8. The molecular weight excluding hydrogens is 382 g/mol. The Kier molecular flexibility index (Phi) is 6.02. The third-order valence-electron chi connectivity index (χ3n) is 5.48. The Bertz CT molecular complexity index is 1030. The summed E-state index contributed by atoms with van der Waals surface area (Å²) >= 11 is 0. The van der Waals surface area contributed by atoms with E-state index < -0.39 is 0 Å². The molecule has 0 atom stereocenters. The second kappa shape index (κ2) is 9.02. The van der Waals surface area contributed by atoms with Crippen molar-refractivity contribution in [3.8, 4) is 11.5 Å². The largest absolute Gasteiger partial charge is 0.493 e. The van der Waals surface area contributed by atoms with Gasteiger partial charge in [0.2, 0.25) is 0 Å². The standard InChI is InChI=1S/C22H27N5O3/c1-29-18-9-8-15(12-19(18)30-2)13-23-20-10-11-27-21(26-20)17(14-24-27)22(28)25-16-6-4-3-5-7-16/h8-12,14,16H,3-7,13H2,1-2H3,(H,23,26)(H,25,28). The van der Waals surface area contributed by atoms with Crippen molar-refractivity contribution >= 4 is 17.4 Å². The summed E-state index contributed by atoms with van der Waals surface area (Å²) in [4.78, 5) is 17.4. The number of benzene rings is 1. The molecule has 0 radical (unpaired) electrons. The van der Waals surface area contributed by atoms with Crippen molar-refractivity contribution in [2.45, 2.75) is 44.7 Å². The predicted molar refractivity (Wildman–Crippen MR) is 114 cm³/mol. The fraction of sp³-hybridized carbons (Fsp3) is 0.409. The van der Waals surface area contributed by atoms with Gasteiger partial charge in [0.1, 0.15) is 11.4 Å². The van der Waals surface area contributed by atoms with Crippen LogP contribution >= 0.6 is 0 Å². The van der Waals surface area contributed by atoms with Gasteiger partial charge in [-0.3, -0.25) is 4.79 Å². The topological polar surface area (TPSA) is 89.8 Å². The number of rotatable bonds is 7. The minimum Gasteiger partial charge on any atom is -0.493 e. The molecule has 1 aliphatic rings. The van der Waals surface area contributed by atoms with Gasteiger partial charge in [-0.2, -0.15) is 5.10 Å². The van der Waals surface area contributed by atoms with Crippen LogP contribution in [0.4, 0.5) is 5.82 Å². The van der Waals surface area contributed by atoms with Gasteiger partial charge in [-0.15, -0.1) is 0 Å². The molecule has 2 heterocycles. The zero-order valence-electron chi connectivity index (χ0n) is 17.4. The minimum absolute atomic E-state index is 0.110. The zero-order chi connectivity index (χ0) is 20.9. The van der Waals surface area contributed by atoms with Gasteiger partial charge in [0.05, 0.1) is 20.4 Å². The summed E-state index contributed by atoms with van der Waals surface area (Å²) in [5, 5.41) is 10.7. The van der Waals surface area contributed by atoms with Crippen molar-refractivity contribution in [2.24, 2.45) is 0 Å². The van der Waals surface area contributed by atoms with E-state index in [1.807, 2.05) is 24.3 Å².